The first kappa shape index (κ1) is 15.6. The summed E-state index contributed by atoms with van der Waals surface area (Å²) in [6.07, 6.45) is 4.43. The molecule has 1 fully saturated rings. The largest absolute Gasteiger partial charge is 0.480 e. The van der Waals surface area contributed by atoms with Crippen LogP contribution in [0.1, 0.15) is 25.7 Å². The maximum Gasteiger partial charge on any atom is 0.326 e. The lowest BCUT2D eigenvalue weighted by Gasteiger charge is -2.24. The molecule has 0 heterocycles. The Kier molecular flexibility index (Phi) is 6.50. The number of carbonyl (C=O) groups excluding carboxylic acids is 1. The van der Waals surface area contributed by atoms with Gasteiger partial charge in [0.2, 0.25) is 0 Å². The molecule has 0 aliphatic heterocycles. The Morgan fingerprint density at radius 2 is 2.26 bits per heavy atom. The first-order valence-corrected chi connectivity index (χ1v) is 7.65. The summed E-state index contributed by atoms with van der Waals surface area (Å²) in [4.78, 5) is 24.7. The Labute approximate surface area is 117 Å². The van der Waals surface area contributed by atoms with E-state index in [1.807, 2.05) is 12.3 Å². The predicted octanol–water partition coefficient (Wildman–Crippen LogP) is 1.28. The van der Waals surface area contributed by atoms with Gasteiger partial charge in [0.05, 0.1) is 12.5 Å². The lowest BCUT2D eigenvalue weighted by atomic mass is 10.2. The molecule has 0 aromatic heterocycles. The van der Waals surface area contributed by atoms with Gasteiger partial charge in [-0.25, -0.2) is 9.59 Å². The average molecular weight is 285 g/mol. The smallest absolute Gasteiger partial charge is 0.326 e. The topological polar surface area (TPSA) is 93.4 Å². The molecule has 0 saturated heterocycles. The summed E-state index contributed by atoms with van der Waals surface area (Å²) < 4.78 is 0. The number of carboxylic acid groups (broad SMARTS) is 1. The molecule has 106 valence electrons. The zero-order valence-electron chi connectivity index (χ0n) is 11.0. The standard InChI is InChI=1S/C12H19N3O3S/c1-19-8-5-10(11(16)17)14-12(18)15(7-2-6-13)9-3-4-9/h9-10H,2-5,7-8H2,1H3,(H,14,18)(H,16,17). The van der Waals surface area contributed by atoms with E-state index in [-0.39, 0.29) is 18.5 Å². The number of nitriles is 1. The summed E-state index contributed by atoms with van der Waals surface area (Å²) in [5.74, 6) is -0.336. The van der Waals surface area contributed by atoms with Crippen molar-refractivity contribution in [2.24, 2.45) is 0 Å². The molecular formula is C12H19N3O3S. The van der Waals surface area contributed by atoms with Gasteiger partial charge in [-0.3, -0.25) is 0 Å². The maximum absolute atomic E-state index is 12.0. The highest BCUT2D eigenvalue weighted by atomic mass is 32.2. The number of hydrogen-bond acceptors (Lipinski definition) is 4. The minimum atomic E-state index is -1.02. The number of nitrogens with one attached hydrogen (secondary N) is 1. The number of rotatable bonds is 8. The first-order chi connectivity index (χ1) is 9.10. The molecule has 1 unspecified atom stereocenters. The first-order valence-electron chi connectivity index (χ1n) is 6.26. The minimum absolute atomic E-state index is 0.170. The molecule has 1 aliphatic rings. The summed E-state index contributed by atoms with van der Waals surface area (Å²) >= 11 is 1.54. The highest BCUT2D eigenvalue weighted by Gasteiger charge is 2.33. The zero-order valence-corrected chi connectivity index (χ0v) is 11.8. The van der Waals surface area contributed by atoms with Crippen LogP contribution in [0, 0.1) is 11.3 Å². The van der Waals surface area contributed by atoms with Gasteiger partial charge < -0.3 is 15.3 Å². The van der Waals surface area contributed by atoms with Gasteiger partial charge in [-0.15, -0.1) is 0 Å². The molecule has 19 heavy (non-hydrogen) atoms. The quantitative estimate of drug-likeness (QED) is 0.700. The molecule has 1 atom stereocenters. The fourth-order valence-electron chi connectivity index (χ4n) is 1.73. The van der Waals surface area contributed by atoms with Gasteiger partial charge in [-0.1, -0.05) is 0 Å². The Hall–Kier alpha value is -1.42. The zero-order chi connectivity index (χ0) is 14.3. The molecule has 1 rings (SSSR count). The SMILES string of the molecule is CSCCC(NC(=O)N(CCC#N)C1CC1)C(=O)O. The van der Waals surface area contributed by atoms with E-state index >= 15 is 0 Å². The van der Waals surface area contributed by atoms with Crippen LogP contribution in [0.25, 0.3) is 0 Å². The second-order valence-corrected chi connectivity index (χ2v) is 5.44. The average Bonchev–Trinajstić information content (AvgIpc) is 3.19. The molecule has 0 aromatic rings. The van der Waals surface area contributed by atoms with Gasteiger partial charge in [-0.2, -0.15) is 17.0 Å². The molecule has 7 heteroatoms. The third kappa shape index (κ3) is 5.39. The van der Waals surface area contributed by atoms with Crippen molar-refractivity contribution in [3.05, 3.63) is 0 Å². The molecular weight excluding hydrogens is 266 g/mol. The summed E-state index contributed by atoms with van der Waals surface area (Å²) in [7, 11) is 0. The Balaban J connectivity index is 2.52. The third-order valence-corrected chi connectivity index (χ3v) is 3.56. The highest BCUT2D eigenvalue weighted by Crippen LogP contribution is 2.27. The summed E-state index contributed by atoms with van der Waals surface area (Å²) in [5.41, 5.74) is 0. The monoisotopic (exact) mass is 285 g/mol. The summed E-state index contributed by atoms with van der Waals surface area (Å²) in [6.45, 7) is 0.363. The van der Waals surface area contributed by atoms with E-state index in [0.29, 0.717) is 18.7 Å². The molecule has 0 aromatic carbocycles. The van der Waals surface area contributed by atoms with Gasteiger partial charge in [0.15, 0.2) is 0 Å². The molecule has 0 radical (unpaired) electrons. The highest BCUT2D eigenvalue weighted by molar-refractivity contribution is 7.98. The maximum atomic E-state index is 12.0. The van der Waals surface area contributed by atoms with Crippen LogP contribution < -0.4 is 5.32 Å². The molecule has 2 amide bonds. The summed E-state index contributed by atoms with van der Waals surface area (Å²) in [6, 6.07) is 0.947. The van der Waals surface area contributed by atoms with Crippen LogP contribution in [0.5, 0.6) is 0 Å². The number of thioether (sulfide) groups is 1. The minimum Gasteiger partial charge on any atom is -0.480 e. The van der Waals surface area contributed by atoms with Crippen LogP contribution in [0.15, 0.2) is 0 Å². The predicted molar refractivity (Wildman–Crippen MR) is 72.9 cm³/mol. The second-order valence-electron chi connectivity index (χ2n) is 4.45. The van der Waals surface area contributed by atoms with Crippen molar-refractivity contribution in [1.29, 1.82) is 5.26 Å². The number of hydrogen-bond donors (Lipinski definition) is 2. The summed E-state index contributed by atoms with van der Waals surface area (Å²) in [5, 5.41) is 20.2. The third-order valence-electron chi connectivity index (χ3n) is 2.92. The van der Waals surface area contributed by atoms with Gasteiger partial charge in [0.1, 0.15) is 6.04 Å². The number of aliphatic carboxylic acids is 1. The van der Waals surface area contributed by atoms with Crippen LogP contribution in [-0.4, -0.2) is 52.6 Å². The Morgan fingerprint density at radius 3 is 2.74 bits per heavy atom. The normalized spacial score (nSPS) is 15.4. The van der Waals surface area contributed by atoms with Gasteiger partial charge in [0.25, 0.3) is 0 Å². The molecule has 0 spiro atoms. The Bertz CT molecular complexity index is 366. The number of urea groups is 1. The van der Waals surface area contributed by atoms with Crippen LogP contribution in [0.2, 0.25) is 0 Å². The van der Waals surface area contributed by atoms with Crippen molar-refractivity contribution in [2.75, 3.05) is 18.6 Å². The van der Waals surface area contributed by atoms with Crippen molar-refractivity contribution in [3.63, 3.8) is 0 Å². The van der Waals surface area contributed by atoms with Crippen LogP contribution in [0.4, 0.5) is 4.79 Å². The lowest BCUT2D eigenvalue weighted by Crippen LogP contribution is -2.49. The number of carboxylic acids is 1. The number of amides is 2. The van der Waals surface area contributed by atoms with E-state index in [2.05, 4.69) is 5.32 Å². The van der Waals surface area contributed by atoms with Gasteiger partial charge in [0, 0.05) is 12.6 Å². The molecule has 2 N–H and O–H groups in total. The van der Waals surface area contributed by atoms with E-state index in [1.54, 1.807) is 16.7 Å². The van der Waals surface area contributed by atoms with Crippen LogP contribution in [0.3, 0.4) is 0 Å². The van der Waals surface area contributed by atoms with Crippen molar-refractivity contribution in [1.82, 2.24) is 10.2 Å². The van der Waals surface area contributed by atoms with Crippen molar-refractivity contribution in [2.45, 2.75) is 37.8 Å². The molecule has 6 nitrogen and oxygen atoms in total. The van der Waals surface area contributed by atoms with E-state index < -0.39 is 12.0 Å². The van der Waals surface area contributed by atoms with E-state index in [9.17, 15) is 9.59 Å². The molecule has 1 saturated carbocycles. The number of carbonyl (C=O) groups is 2. The van der Waals surface area contributed by atoms with Gasteiger partial charge in [-0.05, 0) is 31.3 Å². The van der Waals surface area contributed by atoms with Gasteiger partial charge >= 0.3 is 12.0 Å². The lowest BCUT2D eigenvalue weighted by molar-refractivity contribution is -0.139. The van der Waals surface area contributed by atoms with Crippen molar-refractivity contribution < 1.29 is 14.7 Å². The van der Waals surface area contributed by atoms with E-state index in [0.717, 1.165) is 12.8 Å². The fourth-order valence-corrected chi connectivity index (χ4v) is 2.20. The van der Waals surface area contributed by atoms with Crippen LogP contribution >= 0.6 is 11.8 Å². The van der Waals surface area contributed by atoms with E-state index in [1.165, 1.54) is 0 Å². The Morgan fingerprint density at radius 1 is 1.58 bits per heavy atom. The molecule has 0 bridgehead atoms. The van der Waals surface area contributed by atoms with Crippen molar-refractivity contribution >= 4 is 23.8 Å². The molecule has 1 aliphatic carbocycles. The van der Waals surface area contributed by atoms with Crippen LogP contribution in [-0.2, 0) is 4.79 Å². The van der Waals surface area contributed by atoms with E-state index in [4.69, 9.17) is 10.4 Å². The fraction of sp³-hybridized carbons (Fsp3) is 0.750. The second kappa shape index (κ2) is 7.89. The van der Waals surface area contributed by atoms with Crippen molar-refractivity contribution in [3.8, 4) is 6.07 Å². The number of nitrogens with zero attached hydrogens (tertiary/aromatic N) is 2.